The Labute approximate surface area is 158 Å². The molecule has 1 aromatic rings. The molecule has 1 aliphatic heterocycles. The van der Waals surface area contributed by atoms with Crippen LogP contribution in [0.25, 0.3) is 0 Å². The Morgan fingerprint density at radius 3 is 2.28 bits per heavy atom. The molecule has 2 aliphatic rings. The van der Waals surface area contributed by atoms with Gasteiger partial charge in [0.25, 0.3) is 0 Å². The second-order valence-corrected chi connectivity index (χ2v) is 7.81. The van der Waals surface area contributed by atoms with Crippen molar-refractivity contribution in [1.29, 1.82) is 0 Å². The van der Waals surface area contributed by atoms with Crippen molar-refractivity contribution in [1.82, 2.24) is 4.90 Å². The molecule has 2 fully saturated rings. The van der Waals surface area contributed by atoms with Gasteiger partial charge in [-0.25, -0.2) is 0 Å². The van der Waals surface area contributed by atoms with Gasteiger partial charge in [-0.05, 0) is 57.1 Å². The first-order chi connectivity index (χ1) is 12.1. The Morgan fingerprint density at radius 2 is 1.60 bits per heavy atom. The molecule has 25 heavy (non-hydrogen) atoms. The first-order valence-corrected chi connectivity index (χ1v) is 9.85. The molecule has 6 heteroatoms. The van der Waals surface area contributed by atoms with E-state index in [0.717, 1.165) is 51.6 Å². The van der Waals surface area contributed by atoms with E-state index >= 15 is 0 Å². The van der Waals surface area contributed by atoms with E-state index in [1.165, 1.54) is 6.42 Å². The van der Waals surface area contributed by atoms with Crippen LogP contribution in [0.1, 0.15) is 44.9 Å². The molecule has 1 heterocycles. The van der Waals surface area contributed by atoms with Crippen LogP contribution in [0, 0.1) is 11.8 Å². The minimum absolute atomic E-state index is 0.0342. The molecule has 0 spiro atoms. The Kier molecular flexibility index (Phi) is 6.24. The highest BCUT2D eigenvalue weighted by Crippen LogP contribution is 2.33. The van der Waals surface area contributed by atoms with Crippen LogP contribution in [0.5, 0.6) is 0 Å². The predicted octanol–water partition coefficient (Wildman–Crippen LogP) is 4.75. The van der Waals surface area contributed by atoms with Gasteiger partial charge in [-0.2, -0.15) is 0 Å². The lowest BCUT2D eigenvalue weighted by molar-refractivity contribution is -0.138. The van der Waals surface area contributed by atoms with E-state index < -0.39 is 0 Å². The zero-order valence-electron chi connectivity index (χ0n) is 14.3. The number of piperidine rings is 1. The van der Waals surface area contributed by atoms with Gasteiger partial charge in [0.2, 0.25) is 11.8 Å². The molecule has 0 aromatic heterocycles. The van der Waals surface area contributed by atoms with Gasteiger partial charge < -0.3 is 10.2 Å². The molecular weight excluding hydrogens is 359 g/mol. The molecule has 1 saturated heterocycles. The molecule has 4 nitrogen and oxygen atoms in total. The number of carbonyl (C=O) groups excluding carboxylic acids is 2. The summed E-state index contributed by atoms with van der Waals surface area (Å²) in [5.74, 6) is 0.266. The Hall–Kier alpha value is -1.26. The third kappa shape index (κ3) is 4.48. The van der Waals surface area contributed by atoms with Crippen molar-refractivity contribution >= 4 is 40.7 Å². The maximum atomic E-state index is 12.6. The van der Waals surface area contributed by atoms with E-state index in [1.807, 2.05) is 4.90 Å². The number of hydrogen-bond donors (Lipinski definition) is 1. The molecule has 3 rings (SSSR count). The summed E-state index contributed by atoms with van der Waals surface area (Å²) in [6.07, 6.45) is 6.52. The second kappa shape index (κ2) is 8.41. The predicted molar refractivity (Wildman–Crippen MR) is 101 cm³/mol. The molecular formula is C19H24Cl2N2O2. The summed E-state index contributed by atoms with van der Waals surface area (Å²) in [7, 11) is 0. The van der Waals surface area contributed by atoms with Crippen molar-refractivity contribution in [2.24, 2.45) is 11.8 Å². The van der Waals surface area contributed by atoms with Crippen LogP contribution in [0.4, 0.5) is 5.69 Å². The smallest absolute Gasteiger partial charge is 0.227 e. The normalized spacial score (nSPS) is 24.0. The van der Waals surface area contributed by atoms with Crippen molar-refractivity contribution in [2.45, 2.75) is 44.9 Å². The largest absolute Gasteiger partial charge is 0.342 e. The Morgan fingerprint density at radius 1 is 0.960 bits per heavy atom. The zero-order chi connectivity index (χ0) is 17.8. The van der Waals surface area contributed by atoms with E-state index in [2.05, 4.69) is 5.32 Å². The molecule has 0 radical (unpaired) electrons. The highest BCUT2D eigenvalue weighted by molar-refractivity contribution is 6.44. The van der Waals surface area contributed by atoms with Crippen LogP contribution in [-0.4, -0.2) is 29.8 Å². The van der Waals surface area contributed by atoms with Crippen molar-refractivity contribution < 1.29 is 9.59 Å². The molecule has 0 bridgehead atoms. The van der Waals surface area contributed by atoms with Gasteiger partial charge >= 0.3 is 0 Å². The minimum Gasteiger partial charge on any atom is -0.342 e. The van der Waals surface area contributed by atoms with Gasteiger partial charge in [-0.15, -0.1) is 0 Å². The standard InChI is InChI=1S/C19H24Cl2N2O2/c20-15-5-4-6-16(17(15)21)22-18(24)13-7-9-14(10-8-13)19(25)23-11-2-1-3-12-23/h4-6,13-14H,1-3,7-12H2,(H,22,24). The van der Waals surface area contributed by atoms with Crippen LogP contribution in [0.2, 0.25) is 10.0 Å². The number of likely N-dealkylation sites (tertiary alicyclic amines) is 1. The van der Waals surface area contributed by atoms with Gasteiger partial charge in [0.15, 0.2) is 0 Å². The van der Waals surface area contributed by atoms with Gasteiger partial charge in [0.1, 0.15) is 0 Å². The monoisotopic (exact) mass is 382 g/mol. The SMILES string of the molecule is O=C(Nc1cccc(Cl)c1Cl)C1CCC(C(=O)N2CCCCC2)CC1. The summed E-state index contributed by atoms with van der Waals surface area (Å²) in [5, 5.41) is 3.67. The highest BCUT2D eigenvalue weighted by atomic mass is 35.5. The van der Waals surface area contributed by atoms with Gasteiger partial charge in [-0.3, -0.25) is 9.59 Å². The maximum Gasteiger partial charge on any atom is 0.227 e. The lowest BCUT2D eigenvalue weighted by Gasteiger charge is -2.33. The van der Waals surface area contributed by atoms with Gasteiger partial charge in [0.05, 0.1) is 15.7 Å². The van der Waals surface area contributed by atoms with Crippen molar-refractivity contribution in [3.8, 4) is 0 Å². The second-order valence-electron chi connectivity index (χ2n) is 7.03. The van der Waals surface area contributed by atoms with Gasteiger partial charge in [-0.1, -0.05) is 29.3 Å². The summed E-state index contributed by atoms with van der Waals surface area (Å²) in [6.45, 7) is 1.79. The average molecular weight is 383 g/mol. The van der Waals surface area contributed by atoms with Crippen molar-refractivity contribution in [2.75, 3.05) is 18.4 Å². The summed E-state index contributed by atoms with van der Waals surface area (Å²) in [4.78, 5) is 27.1. The van der Waals surface area contributed by atoms with E-state index in [4.69, 9.17) is 23.2 Å². The lowest BCUT2D eigenvalue weighted by Crippen LogP contribution is -2.41. The molecule has 0 atom stereocenters. The fourth-order valence-electron chi connectivity index (χ4n) is 3.81. The quantitative estimate of drug-likeness (QED) is 0.819. The molecule has 136 valence electrons. The summed E-state index contributed by atoms with van der Waals surface area (Å²) in [6, 6.07) is 5.20. The van der Waals surface area contributed by atoms with E-state index in [1.54, 1.807) is 18.2 Å². The molecule has 1 aromatic carbocycles. The van der Waals surface area contributed by atoms with E-state index in [-0.39, 0.29) is 23.7 Å². The summed E-state index contributed by atoms with van der Waals surface area (Å²) in [5.41, 5.74) is 0.547. The van der Waals surface area contributed by atoms with Gasteiger partial charge in [0, 0.05) is 24.9 Å². The number of nitrogens with one attached hydrogen (secondary N) is 1. The van der Waals surface area contributed by atoms with Crippen molar-refractivity contribution in [3.63, 3.8) is 0 Å². The van der Waals surface area contributed by atoms with Crippen LogP contribution >= 0.6 is 23.2 Å². The summed E-state index contributed by atoms with van der Waals surface area (Å²) >= 11 is 12.1. The number of anilines is 1. The minimum atomic E-state index is -0.0690. The molecule has 2 amide bonds. The van der Waals surface area contributed by atoms with E-state index in [0.29, 0.717) is 15.7 Å². The Balaban J connectivity index is 1.52. The molecule has 0 unspecified atom stereocenters. The number of rotatable bonds is 3. The first kappa shape index (κ1) is 18.5. The number of carbonyl (C=O) groups is 2. The fourth-order valence-corrected chi connectivity index (χ4v) is 4.16. The molecule has 1 saturated carbocycles. The molecule has 1 N–H and O–H groups in total. The summed E-state index contributed by atoms with van der Waals surface area (Å²) < 4.78 is 0. The average Bonchev–Trinajstić information content (AvgIpc) is 2.65. The lowest BCUT2D eigenvalue weighted by atomic mass is 9.80. The van der Waals surface area contributed by atoms with Crippen LogP contribution in [0.15, 0.2) is 18.2 Å². The number of hydrogen-bond acceptors (Lipinski definition) is 2. The van der Waals surface area contributed by atoms with Crippen LogP contribution in [-0.2, 0) is 9.59 Å². The fraction of sp³-hybridized carbons (Fsp3) is 0.579. The molecule has 1 aliphatic carbocycles. The zero-order valence-corrected chi connectivity index (χ0v) is 15.8. The van der Waals surface area contributed by atoms with E-state index in [9.17, 15) is 9.59 Å². The topological polar surface area (TPSA) is 49.4 Å². The van der Waals surface area contributed by atoms with Crippen LogP contribution in [0.3, 0.4) is 0 Å². The van der Waals surface area contributed by atoms with Crippen LogP contribution < -0.4 is 5.32 Å². The maximum absolute atomic E-state index is 12.6. The first-order valence-electron chi connectivity index (χ1n) is 9.10. The third-order valence-corrected chi connectivity index (χ3v) is 6.14. The third-order valence-electron chi connectivity index (χ3n) is 5.32. The number of nitrogens with zero attached hydrogens (tertiary/aromatic N) is 1. The number of amides is 2. The number of benzene rings is 1. The highest BCUT2D eigenvalue weighted by Gasteiger charge is 2.32. The van der Waals surface area contributed by atoms with Crippen molar-refractivity contribution in [3.05, 3.63) is 28.2 Å². The Bertz CT molecular complexity index is 636. The number of halogens is 2.